The number of benzene rings is 1. The molecule has 8 nitrogen and oxygen atoms in total. The number of nitrogens with zero attached hydrogens (tertiary/aromatic N) is 5. The maximum atomic E-state index is 12.9. The van der Waals surface area contributed by atoms with Gasteiger partial charge in [-0.25, -0.2) is 13.8 Å². The second kappa shape index (κ2) is 12.4. The van der Waals surface area contributed by atoms with Crippen LogP contribution in [-0.4, -0.2) is 68.1 Å². The molecule has 0 amide bonds. The van der Waals surface area contributed by atoms with Crippen molar-refractivity contribution in [2.24, 2.45) is 0 Å². The summed E-state index contributed by atoms with van der Waals surface area (Å²) in [4.78, 5) is 24.0. The number of hydrogen-bond donors (Lipinski definition) is 1. The molecule has 0 saturated carbocycles. The Labute approximate surface area is 206 Å². The van der Waals surface area contributed by atoms with Gasteiger partial charge in [0.15, 0.2) is 11.3 Å². The zero-order chi connectivity index (χ0) is 24.7. The van der Waals surface area contributed by atoms with E-state index in [1.165, 1.54) is 0 Å². The number of imidazole rings is 1. The Bertz CT molecular complexity index is 1130. The quantitative estimate of drug-likeness (QED) is 0.472. The summed E-state index contributed by atoms with van der Waals surface area (Å²) < 4.78 is 9.98. The van der Waals surface area contributed by atoms with E-state index in [1.54, 1.807) is 16.5 Å². The van der Waals surface area contributed by atoms with Gasteiger partial charge in [0.05, 0.1) is 17.9 Å². The van der Waals surface area contributed by atoms with E-state index < -0.39 is 0 Å². The fraction of sp³-hybridized carbons (Fsp3) is 0.560. The first kappa shape index (κ1) is 26.2. The van der Waals surface area contributed by atoms with Gasteiger partial charge in [0.2, 0.25) is 0 Å². The fourth-order valence-electron chi connectivity index (χ4n) is 4.06. The minimum atomic E-state index is -0.182. The third-order valence-electron chi connectivity index (χ3n) is 5.74. The number of likely N-dealkylation sites (N-methyl/N-ethyl adjacent to an activating group) is 1. The number of H-pyrrole nitrogens is 1. The topological polar surface area (TPSA) is 78.8 Å². The highest BCUT2D eigenvalue weighted by Gasteiger charge is 2.20. The number of aryl methyl sites for hydroxylation is 2. The molecule has 1 fully saturated rings. The molecule has 1 aliphatic rings. The summed E-state index contributed by atoms with van der Waals surface area (Å²) >= 11 is 1.75. The summed E-state index contributed by atoms with van der Waals surface area (Å²) in [5.74, 6) is 2.02. The molecular weight excluding hydrogens is 448 g/mol. The number of rotatable bonds is 8. The van der Waals surface area contributed by atoms with Crippen LogP contribution in [-0.2, 0) is 6.42 Å². The highest BCUT2D eigenvalue weighted by Crippen LogP contribution is 2.34. The number of piperazine rings is 1. The van der Waals surface area contributed by atoms with Crippen LogP contribution in [0.3, 0.4) is 0 Å². The third-order valence-corrected chi connectivity index (χ3v) is 6.82. The highest BCUT2D eigenvalue weighted by atomic mass is 32.2. The first-order chi connectivity index (χ1) is 16.5. The lowest BCUT2D eigenvalue weighted by Gasteiger charge is -2.33. The van der Waals surface area contributed by atoms with E-state index >= 15 is 0 Å². The van der Waals surface area contributed by atoms with E-state index in [9.17, 15) is 4.79 Å². The normalized spacial score (nSPS) is 14.8. The Morgan fingerprint density at radius 1 is 1.12 bits per heavy atom. The van der Waals surface area contributed by atoms with Crippen molar-refractivity contribution in [3.05, 3.63) is 40.1 Å². The number of aromatic amines is 1. The van der Waals surface area contributed by atoms with Crippen molar-refractivity contribution in [1.29, 1.82) is 0 Å². The van der Waals surface area contributed by atoms with Crippen LogP contribution >= 0.6 is 11.9 Å². The van der Waals surface area contributed by atoms with Gasteiger partial charge in [-0.05, 0) is 57.0 Å². The van der Waals surface area contributed by atoms with Crippen LogP contribution < -0.4 is 10.3 Å². The van der Waals surface area contributed by atoms with E-state index in [1.807, 2.05) is 33.8 Å². The highest BCUT2D eigenvalue weighted by molar-refractivity contribution is 7.97. The van der Waals surface area contributed by atoms with Gasteiger partial charge in [-0.15, -0.1) is 5.10 Å². The minimum Gasteiger partial charge on any atom is -0.493 e. The molecule has 1 aromatic carbocycles. The molecule has 1 N–H and O–H groups in total. The maximum Gasteiger partial charge on any atom is 0.277 e. The van der Waals surface area contributed by atoms with Crippen LogP contribution in [0.1, 0.15) is 52.6 Å². The summed E-state index contributed by atoms with van der Waals surface area (Å²) in [5, 5.41) is 4.79. The van der Waals surface area contributed by atoms with Gasteiger partial charge >= 0.3 is 0 Å². The summed E-state index contributed by atoms with van der Waals surface area (Å²) in [6.07, 6.45) is 1.70. The minimum absolute atomic E-state index is 0.182. The SMILES string of the molecule is CC.CCCc1nc(C)c2c(=O)[nH]c(-c3cc(SN4CCN(CC)CC4)ccc3OCC)nn12. The molecule has 186 valence electrons. The van der Waals surface area contributed by atoms with E-state index in [2.05, 4.69) is 45.2 Å². The maximum absolute atomic E-state index is 12.9. The first-order valence-corrected chi connectivity index (χ1v) is 13.2. The lowest BCUT2D eigenvalue weighted by atomic mass is 10.2. The summed E-state index contributed by atoms with van der Waals surface area (Å²) in [6.45, 7) is 18.0. The fourth-order valence-corrected chi connectivity index (χ4v) is 5.00. The molecule has 0 unspecified atom stereocenters. The van der Waals surface area contributed by atoms with Gasteiger partial charge in [0.1, 0.15) is 11.6 Å². The van der Waals surface area contributed by atoms with Crippen molar-refractivity contribution in [2.45, 2.75) is 59.3 Å². The number of ether oxygens (including phenoxy) is 1. The Morgan fingerprint density at radius 2 is 1.85 bits per heavy atom. The van der Waals surface area contributed by atoms with Crippen molar-refractivity contribution in [3.63, 3.8) is 0 Å². The molecule has 1 aliphatic heterocycles. The molecule has 0 atom stereocenters. The second-order valence-corrected chi connectivity index (χ2v) is 9.14. The first-order valence-electron chi connectivity index (χ1n) is 12.4. The Morgan fingerprint density at radius 3 is 2.50 bits per heavy atom. The predicted molar refractivity (Wildman–Crippen MR) is 140 cm³/mol. The lowest BCUT2D eigenvalue weighted by molar-refractivity contribution is 0.205. The molecule has 0 bridgehead atoms. The van der Waals surface area contributed by atoms with Crippen molar-refractivity contribution in [3.8, 4) is 17.1 Å². The lowest BCUT2D eigenvalue weighted by Crippen LogP contribution is -2.43. The molecular formula is C25H38N6O2S. The average molecular weight is 487 g/mol. The molecule has 3 aromatic rings. The molecule has 9 heteroatoms. The zero-order valence-corrected chi connectivity index (χ0v) is 22.2. The number of aromatic nitrogens is 4. The van der Waals surface area contributed by atoms with Crippen LogP contribution in [0.15, 0.2) is 27.9 Å². The standard InChI is InChI=1S/C23H32N6O2S.C2H6/c1-5-8-20-24-16(4)21-23(30)25-22(26-29(20)21)18-15-17(9-10-19(18)31-7-3)32-28-13-11-27(6-2)12-14-28;1-2/h9-10,15H,5-8,11-14H2,1-4H3,(H,25,26,30);1-2H3. The van der Waals surface area contributed by atoms with Crippen molar-refractivity contribution in [2.75, 3.05) is 39.3 Å². The van der Waals surface area contributed by atoms with Gasteiger partial charge in [-0.1, -0.05) is 27.7 Å². The second-order valence-electron chi connectivity index (χ2n) is 7.97. The number of hydrogen-bond acceptors (Lipinski definition) is 7. The zero-order valence-electron chi connectivity index (χ0n) is 21.3. The Balaban J connectivity index is 0.00000158. The van der Waals surface area contributed by atoms with Crippen LogP contribution in [0, 0.1) is 6.92 Å². The molecule has 0 aliphatic carbocycles. The monoisotopic (exact) mass is 486 g/mol. The van der Waals surface area contributed by atoms with Crippen LogP contribution in [0.25, 0.3) is 16.9 Å². The summed E-state index contributed by atoms with van der Waals surface area (Å²) in [6, 6.07) is 6.11. The molecule has 2 aromatic heterocycles. The molecule has 0 radical (unpaired) electrons. The Hall–Kier alpha value is -2.36. The van der Waals surface area contributed by atoms with Crippen LogP contribution in [0.5, 0.6) is 5.75 Å². The smallest absolute Gasteiger partial charge is 0.277 e. The van der Waals surface area contributed by atoms with Gasteiger partial charge in [0.25, 0.3) is 5.56 Å². The summed E-state index contributed by atoms with van der Waals surface area (Å²) in [5.41, 5.74) is 1.82. The van der Waals surface area contributed by atoms with E-state index in [0.717, 1.165) is 61.8 Å². The van der Waals surface area contributed by atoms with Crippen LogP contribution in [0.4, 0.5) is 0 Å². The van der Waals surface area contributed by atoms with E-state index in [-0.39, 0.29) is 5.56 Å². The summed E-state index contributed by atoms with van der Waals surface area (Å²) in [7, 11) is 0. The van der Waals surface area contributed by atoms with Gasteiger partial charge in [-0.3, -0.25) is 4.79 Å². The molecule has 4 rings (SSSR count). The number of nitrogens with one attached hydrogen (secondary N) is 1. The number of fused-ring (bicyclic) bond motifs is 1. The van der Waals surface area contributed by atoms with Gasteiger partial charge in [-0.2, -0.15) is 0 Å². The van der Waals surface area contributed by atoms with Crippen molar-refractivity contribution in [1.82, 2.24) is 28.8 Å². The van der Waals surface area contributed by atoms with E-state index in [0.29, 0.717) is 29.4 Å². The largest absolute Gasteiger partial charge is 0.493 e. The van der Waals surface area contributed by atoms with Crippen molar-refractivity contribution >= 4 is 17.5 Å². The molecule has 3 heterocycles. The van der Waals surface area contributed by atoms with Crippen molar-refractivity contribution < 1.29 is 4.74 Å². The molecule has 0 spiro atoms. The van der Waals surface area contributed by atoms with Crippen LogP contribution in [0.2, 0.25) is 0 Å². The van der Waals surface area contributed by atoms with Gasteiger partial charge in [0, 0.05) is 37.5 Å². The molecule has 1 saturated heterocycles. The Kier molecular flexibility index (Phi) is 9.55. The predicted octanol–water partition coefficient (Wildman–Crippen LogP) is 4.42. The van der Waals surface area contributed by atoms with Gasteiger partial charge < -0.3 is 14.6 Å². The molecule has 34 heavy (non-hydrogen) atoms. The third kappa shape index (κ3) is 5.82. The average Bonchev–Trinajstić information content (AvgIpc) is 3.17. The van der Waals surface area contributed by atoms with E-state index in [4.69, 9.17) is 9.84 Å².